The number of rotatable bonds is 6. The number of hydrogen-bond donors (Lipinski definition) is 2. The fourth-order valence-electron chi connectivity index (χ4n) is 4.84. The van der Waals surface area contributed by atoms with E-state index in [-0.39, 0.29) is 33.6 Å². The minimum atomic E-state index is -2.66. The molecule has 2 fully saturated rings. The van der Waals surface area contributed by atoms with Crippen molar-refractivity contribution in [3.63, 3.8) is 0 Å². The summed E-state index contributed by atoms with van der Waals surface area (Å²) in [5.74, 6) is 0.236. The molecule has 1 amide bonds. The van der Waals surface area contributed by atoms with E-state index in [0.29, 0.717) is 17.9 Å². The van der Waals surface area contributed by atoms with E-state index in [4.69, 9.17) is 10.5 Å². The van der Waals surface area contributed by atoms with Gasteiger partial charge in [-0.1, -0.05) is 0 Å². The molecule has 0 spiro atoms. The van der Waals surface area contributed by atoms with Crippen LogP contribution in [-0.2, 0) is 0 Å². The van der Waals surface area contributed by atoms with Crippen LogP contribution in [0.25, 0.3) is 5.52 Å². The minimum absolute atomic E-state index is 0.0905. The molecule has 0 radical (unpaired) electrons. The quantitative estimate of drug-likeness (QED) is 0.453. The minimum Gasteiger partial charge on any atom is -0.489 e. The first-order valence-corrected chi connectivity index (χ1v) is 13.5. The van der Waals surface area contributed by atoms with Crippen molar-refractivity contribution in [3.05, 3.63) is 32.8 Å². The molecule has 2 aliphatic heterocycles. The van der Waals surface area contributed by atoms with E-state index in [1.807, 2.05) is 13.1 Å². The third kappa shape index (κ3) is 5.14. The molecule has 2 saturated heterocycles. The molecule has 194 valence electrons. The molecule has 0 saturated carbocycles. The topological polar surface area (TPSA) is 101 Å². The number of amides is 1. The van der Waals surface area contributed by atoms with E-state index >= 15 is 0 Å². The molecule has 0 unspecified atom stereocenters. The second kappa shape index (κ2) is 10.5. The highest BCUT2D eigenvalue weighted by Gasteiger charge is 2.29. The third-order valence-electron chi connectivity index (χ3n) is 6.71. The van der Waals surface area contributed by atoms with Crippen molar-refractivity contribution in [2.45, 2.75) is 44.3 Å². The van der Waals surface area contributed by atoms with Gasteiger partial charge in [-0.2, -0.15) is 5.10 Å². The summed E-state index contributed by atoms with van der Waals surface area (Å²) in [6, 6.07) is 3.09. The van der Waals surface area contributed by atoms with Crippen LogP contribution in [0.4, 0.5) is 20.3 Å². The van der Waals surface area contributed by atoms with Gasteiger partial charge in [0.25, 0.3) is 12.3 Å². The largest absolute Gasteiger partial charge is 0.489 e. The summed E-state index contributed by atoms with van der Waals surface area (Å²) in [5.41, 5.74) is 7.71. The highest BCUT2D eigenvalue weighted by atomic mass is 79.9. The van der Waals surface area contributed by atoms with Gasteiger partial charge in [0.2, 0.25) is 0 Å². The number of thiophene rings is 1. The van der Waals surface area contributed by atoms with Crippen LogP contribution in [0, 0.1) is 0 Å². The Morgan fingerprint density at radius 2 is 2.06 bits per heavy atom. The van der Waals surface area contributed by atoms with E-state index < -0.39 is 6.43 Å². The van der Waals surface area contributed by atoms with E-state index in [1.165, 1.54) is 12.4 Å². The molecule has 1 atom stereocenters. The van der Waals surface area contributed by atoms with Crippen LogP contribution in [0.1, 0.15) is 46.7 Å². The normalized spacial score (nSPS) is 19.8. The summed E-state index contributed by atoms with van der Waals surface area (Å²) in [5, 5.41) is 7.31. The summed E-state index contributed by atoms with van der Waals surface area (Å²) >= 11 is 4.32. The summed E-state index contributed by atoms with van der Waals surface area (Å²) in [7, 11) is 2.04. The van der Waals surface area contributed by atoms with Gasteiger partial charge in [-0.3, -0.25) is 4.79 Å². The highest BCUT2D eigenvalue weighted by Crippen LogP contribution is 2.37. The zero-order chi connectivity index (χ0) is 25.4. The van der Waals surface area contributed by atoms with E-state index in [0.717, 1.165) is 66.9 Å². The van der Waals surface area contributed by atoms with Crippen LogP contribution in [0.5, 0.6) is 5.75 Å². The molecular weight excluding hydrogens is 556 g/mol. The van der Waals surface area contributed by atoms with Crippen LogP contribution >= 0.6 is 27.3 Å². The molecule has 3 aromatic heterocycles. The van der Waals surface area contributed by atoms with Crippen molar-refractivity contribution >= 4 is 50.2 Å². The first kappa shape index (κ1) is 25.2. The Morgan fingerprint density at radius 1 is 1.28 bits per heavy atom. The third-order valence-corrected chi connectivity index (χ3v) is 8.40. The number of aromatic nitrogens is 3. The number of nitrogen functional groups attached to an aromatic ring is 1. The van der Waals surface area contributed by atoms with Gasteiger partial charge in [-0.05, 0) is 54.7 Å². The predicted octanol–water partition coefficient (Wildman–Crippen LogP) is 3.94. The van der Waals surface area contributed by atoms with Gasteiger partial charge >= 0.3 is 0 Å². The van der Waals surface area contributed by atoms with Crippen molar-refractivity contribution in [3.8, 4) is 5.75 Å². The van der Waals surface area contributed by atoms with Crippen LogP contribution in [0.15, 0.2) is 23.1 Å². The van der Waals surface area contributed by atoms with Crippen LogP contribution < -0.4 is 20.7 Å². The molecule has 13 heteroatoms. The molecule has 5 rings (SSSR count). The number of nitrogens with one attached hydrogen (secondary N) is 1. The number of alkyl halides is 2. The smallest absolute Gasteiger partial charge is 0.272 e. The maximum absolute atomic E-state index is 13.5. The molecule has 9 nitrogen and oxygen atoms in total. The number of carbonyl (C=O) groups excluding carboxylic acids is 1. The van der Waals surface area contributed by atoms with Crippen molar-refractivity contribution in [1.29, 1.82) is 0 Å². The molecule has 0 bridgehead atoms. The Hall–Kier alpha value is -2.51. The Bertz CT molecular complexity index is 1240. The van der Waals surface area contributed by atoms with Crippen molar-refractivity contribution in [2.24, 2.45) is 0 Å². The fourth-order valence-corrected chi connectivity index (χ4v) is 6.18. The molecule has 36 heavy (non-hydrogen) atoms. The van der Waals surface area contributed by atoms with Crippen molar-refractivity contribution < 1.29 is 18.3 Å². The van der Waals surface area contributed by atoms with Crippen molar-refractivity contribution in [1.82, 2.24) is 24.8 Å². The maximum atomic E-state index is 13.5. The molecule has 5 heterocycles. The van der Waals surface area contributed by atoms with Gasteiger partial charge < -0.3 is 25.6 Å². The number of ether oxygens (including phenoxy) is 1. The molecule has 0 aromatic carbocycles. The number of nitrogens with two attached hydrogens (primary N) is 1. The number of likely N-dealkylation sites (tertiary alicyclic amines) is 1. The fraction of sp³-hybridized carbons (Fsp3) is 0.522. The Labute approximate surface area is 219 Å². The lowest BCUT2D eigenvalue weighted by Crippen LogP contribution is -2.47. The average molecular weight is 584 g/mol. The SMILES string of the molecule is CN1CCC(Oc2cc(C(F)F)sc2C(=O)N[C@@H]2CCCN(c3cc(Br)n4ncnc(N)c34)C2)CC1. The molecule has 3 N–H and O–H groups in total. The van der Waals surface area contributed by atoms with Crippen molar-refractivity contribution in [2.75, 3.05) is 43.9 Å². The second-order valence-corrected chi connectivity index (χ2v) is 11.2. The molecule has 0 aliphatic carbocycles. The zero-order valence-corrected chi connectivity index (χ0v) is 22.2. The summed E-state index contributed by atoms with van der Waals surface area (Å²) in [4.78, 5) is 21.8. The number of piperidine rings is 2. The predicted molar refractivity (Wildman–Crippen MR) is 138 cm³/mol. The Morgan fingerprint density at radius 3 is 2.81 bits per heavy atom. The lowest BCUT2D eigenvalue weighted by atomic mass is 10.0. The summed E-state index contributed by atoms with van der Waals surface area (Å²) in [6.07, 6.45) is 1.86. The Balaban J connectivity index is 1.32. The number of hydrogen-bond acceptors (Lipinski definition) is 8. The first-order chi connectivity index (χ1) is 17.3. The van der Waals surface area contributed by atoms with Crippen LogP contribution in [0.2, 0.25) is 0 Å². The summed E-state index contributed by atoms with van der Waals surface area (Å²) < 4.78 is 35.5. The molecule has 3 aromatic rings. The van der Waals surface area contributed by atoms with E-state index in [9.17, 15) is 13.6 Å². The average Bonchev–Trinajstić information content (AvgIpc) is 3.43. The number of fused-ring (bicyclic) bond motifs is 1. The van der Waals surface area contributed by atoms with Gasteiger partial charge in [-0.15, -0.1) is 11.3 Å². The van der Waals surface area contributed by atoms with Gasteiger partial charge in [0.05, 0.1) is 10.6 Å². The van der Waals surface area contributed by atoms with Gasteiger partial charge in [-0.25, -0.2) is 18.3 Å². The highest BCUT2D eigenvalue weighted by molar-refractivity contribution is 9.10. The monoisotopic (exact) mass is 583 g/mol. The van der Waals surface area contributed by atoms with E-state index in [2.05, 4.69) is 41.1 Å². The lowest BCUT2D eigenvalue weighted by molar-refractivity contribution is 0.0915. The van der Waals surface area contributed by atoms with Crippen LogP contribution in [0.3, 0.4) is 0 Å². The van der Waals surface area contributed by atoms with Gasteiger partial charge in [0.15, 0.2) is 5.82 Å². The number of carbonyl (C=O) groups is 1. The second-order valence-electron chi connectivity index (χ2n) is 9.28. The molecular formula is C23H28BrF2N7O2S. The van der Waals surface area contributed by atoms with Crippen LogP contribution in [-0.4, -0.2) is 70.8 Å². The Kier molecular flexibility index (Phi) is 7.31. The maximum Gasteiger partial charge on any atom is 0.272 e. The number of anilines is 2. The van der Waals surface area contributed by atoms with Gasteiger partial charge in [0.1, 0.15) is 33.2 Å². The summed E-state index contributed by atoms with van der Waals surface area (Å²) in [6.45, 7) is 3.07. The number of halogens is 3. The number of nitrogens with zero attached hydrogens (tertiary/aromatic N) is 5. The standard InChI is InChI=1S/C23H28BrF2N7O2S/c1-31-7-4-14(5-8-31)35-16-10-17(21(25)26)36-20(16)23(34)30-13-3-2-6-32(11-13)15-9-18(24)33-19(15)22(27)28-12-29-33/h9-10,12-14,21H,2-8,11H2,1H3,(H,30,34)(H2,27,28,29)/t13-/m1/s1. The van der Waals surface area contributed by atoms with E-state index in [1.54, 1.807) is 4.52 Å². The molecule has 2 aliphatic rings. The zero-order valence-electron chi connectivity index (χ0n) is 19.8. The first-order valence-electron chi connectivity index (χ1n) is 11.9. The lowest BCUT2D eigenvalue weighted by Gasteiger charge is -2.34. The van der Waals surface area contributed by atoms with Gasteiger partial charge in [0, 0.05) is 38.3 Å².